The molecule has 0 aromatic heterocycles. The first-order valence-electron chi connectivity index (χ1n) is 7.76. The Balaban J connectivity index is 2.77. The molecule has 0 amide bonds. The first-order valence-corrected chi connectivity index (χ1v) is 7.76. The Morgan fingerprint density at radius 2 is 1.80 bits per heavy atom. The molecule has 0 radical (unpaired) electrons. The molecule has 0 fully saturated rings. The number of nitrogens with one attached hydrogen (secondary N) is 1. The van der Waals surface area contributed by atoms with Crippen molar-refractivity contribution in [3.05, 3.63) is 23.8 Å². The molecule has 0 aliphatic rings. The molecule has 1 N–H and O–H groups in total. The molecule has 1 rings (SSSR count). The van der Waals surface area contributed by atoms with Crippen molar-refractivity contribution in [1.29, 1.82) is 0 Å². The van der Waals surface area contributed by atoms with Crippen LogP contribution in [0.15, 0.2) is 18.2 Å². The van der Waals surface area contributed by atoms with E-state index in [4.69, 9.17) is 9.47 Å². The first kappa shape index (κ1) is 16.8. The van der Waals surface area contributed by atoms with Crippen LogP contribution in [0.4, 0.5) is 0 Å². The Bertz CT molecular complexity index is 393. The van der Waals surface area contributed by atoms with E-state index in [2.05, 4.69) is 45.1 Å². The zero-order valence-corrected chi connectivity index (χ0v) is 13.5. The molecule has 1 aromatic rings. The van der Waals surface area contributed by atoms with E-state index in [0.29, 0.717) is 12.6 Å². The third kappa shape index (κ3) is 5.41. The van der Waals surface area contributed by atoms with Crippen molar-refractivity contribution < 1.29 is 9.47 Å². The Kier molecular flexibility index (Phi) is 7.45. The third-order valence-electron chi connectivity index (χ3n) is 3.48. The molecule has 0 aliphatic heterocycles. The van der Waals surface area contributed by atoms with E-state index in [1.165, 1.54) is 5.56 Å². The smallest absolute Gasteiger partial charge is 0.161 e. The molecule has 2 atom stereocenters. The van der Waals surface area contributed by atoms with Gasteiger partial charge in [0, 0.05) is 12.6 Å². The van der Waals surface area contributed by atoms with Gasteiger partial charge in [0.2, 0.25) is 0 Å². The van der Waals surface area contributed by atoms with Gasteiger partial charge >= 0.3 is 0 Å². The molecule has 0 unspecified atom stereocenters. The molecule has 3 heteroatoms. The van der Waals surface area contributed by atoms with E-state index < -0.39 is 0 Å². The molecule has 0 bridgehead atoms. The molecular weight excluding hydrogens is 250 g/mol. The van der Waals surface area contributed by atoms with E-state index in [1.807, 2.05) is 13.0 Å². The largest absolute Gasteiger partial charge is 0.490 e. The van der Waals surface area contributed by atoms with E-state index in [9.17, 15) is 0 Å². The number of hydrogen-bond donors (Lipinski definition) is 1. The van der Waals surface area contributed by atoms with Gasteiger partial charge in [0.1, 0.15) is 0 Å². The molecule has 0 saturated carbocycles. The molecule has 0 spiro atoms. The highest BCUT2D eigenvalue weighted by atomic mass is 16.5. The average Bonchev–Trinajstić information content (AvgIpc) is 2.47. The highest BCUT2D eigenvalue weighted by Gasteiger charge is 2.10. The summed E-state index contributed by atoms with van der Waals surface area (Å²) in [5, 5.41) is 3.49. The topological polar surface area (TPSA) is 30.5 Å². The van der Waals surface area contributed by atoms with Crippen molar-refractivity contribution >= 4 is 0 Å². The molecule has 0 saturated heterocycles. The van der Waals surface area contributed by atoms with Crippen LogP contribution < -0.4 is 14.8 Å². The summed E-state index contributed by atoms with van der Waals surface area (Å²) in [5.74, 6) is 1.68. The lowest BCUT2D eigenvalue weighted by Gasteiger charge is -2.18. The highest BCUT2D eigenvalue weighted by Crippen LogP contribution is 2.29. The van der Waals surface area contributed by atoms with E-state index in [-0.39, 0.29) is 6.10 Å². The third-order valence-corrected chi connectivity index (χ3v) is 3.48. The first-order chi connectivity index (χ1) is 9.60. The van der Waals surface area contributed by atoms with Crippen LogP contribution in [-0.2, 0) is 6.54 Å². The van der Waals surface area contributed by atoms with Gasteiger partial charge in [0.15, 0.2) is 11.5 Å². The van der Waals surface area contributed by atoms with Crippen molar-refractivity contribution in [1.82, 2.24) is 5.32 Å². The Hall–Kier alpha value is -1.22. The normalized spacial score (nSPS) is 13.8. The predicted octanol–water partition coefficient (Wildman–Crippen LogP) is 4.15. The predicted molar refractivity (Wildman–Crippen MR) is 84.6 cm³/mol. The maximum absolute atomic E-state index is 5.90. The minimum absolute atomic E-state index is 0.207. The Morgan fingerprint density at radius 1 is 1.05 bits per heavy atom. The van der Waals surface area contributed by atoms with Gasteiger partial charge in [-0.05, 0) is 51.3 Å². The van der Waals surface area contributed by atoms with Crippen LogP contribution in [0.25, 0.3) is 0 Å². The van der Waals surface area contributed by atoms with Crippen LogP contribution in [0.5, 0.6) is 11.5 Å². The highest BCUT2D eigenvalue weighted by molar-refractivity contribution is 5.43. The molecule has 1 aromatic carbocycles. The Morgan fingerprint density at radius 3 is 2.40 bits per heavy atom. The fourth-order valence-electron chi connectivity index (χ4n) is 1.76. The van der Waals surface area contributed by atoms with Crippen molar-refractivity contribution in [2.24, 2.45) is 0 Å². The lowest BCUT2D eigenvalue weighted by molar-refractivity contribution is 0.203. The van der Waals surface area contributed by atoms with Crippen LogP contribution >= 0.6 is 0 Å². The van der Waals surface area contributed by atoms with Crippen LogP contribution in [0, 0.1) is 0 Å². The second kappa shape index (κ2) is 8.85. The van der Waals surface area contributed by atoms with Gasteiger partial charge in [-0.15, -0.1) is 0 Å². The zero-order chi connectivity index (χ0) is 15.0. The molecule has 0 aliphatic carbocycles. The van der Waals surface area contributed by atoms with Gasteiger partial charge in [0.05, 0.1) is 12.7 Å². The van der Waals surface area contributed by atoms with Crippen LogP contribution in [0.3, 0.4) is 0 Å². The lowest BCUT2D eigenvalue weighted by atomic mass is 10.1. The van der Waals surface area contributed by atoms with Gasteiger partial charge in [-0.3, -0.25) is 0 Å². The van der Waals surface area contributed by atoms with Gasteiger partial charge < -0.3 is 14.8 Å². The molecule has 0 heterocycles. The van der Waals surface area contributed by atoms with E-state index >= 15 is 0 Å². The van der Waals surface area contributed by atoms with Crippen LogP contribution in [-0.4, -0.2) is 18.8 Å². The quantitative estimate of drug-likeness (QED) is 0.736. The zero-order valence-electron chi connectivity index (χ0n) is 13.5. The van der Waals surface area contributed by atoms with Crippen molar-refractivity contribution in [3.63, 3.8) is 0 Å². The molecular formula is C17H29NO2. The second-order valence-corrected chi connectivity index (χ2v) is 5.24. The van der Waals surface area contributed by atoms with Gasteiger partial charge in [-0.1, -0.05) is 19.9 Å². The summed E-state index contributed by atoms with van der Waals surface area (Å²) in [6.45, 7) is 12.1. The Labute approximate surface area is 123 Å². The fraction of sp³-hybridized carbons (Fsp3) is 0.647. The number of benzene rings is 1. The van der Waals surface area contributed by atoms with E-state index in [1.54, 1.807) is 0 Å². The summed E-state index contributed by atoms with van der Waals surface area (Å²) in [5.41, 5.74) is 1.23. The van der Waals surface area contributed by atoms with Crippen molar-refractivity contribution in [3.8, 4) is 11.5 Å². The van der Waals surface area contributed by atoms with Crippen LogP contribution in [0.1, 0.15) is 53.0 Å². The SMILES string of the molecule is CCOc1cc(CN[C@@H](C)CC)ccc1O[C@@H](C)CC. The van der Waals surface area contributed by atoms with Gasteiger partial charge in [-0.25, -0.2) is 0 Å². The summed E-state index contributed by atoms with van der Waals surface area (Å²) in [6.07, 6.45) is 2.33. The number of ether oxygens (including phenoxy) is 2. The van der Waals surface area contributed by atoms with Gasteiger partial charge in [-0.2, -0.15) is 0 Å². The minimum Gasteiger partial charge on any atom is -0.490 e. The molecule has 3 nitrogen and oxygen atoms in total. The maximum atomic E-state index is 5.90. The molecule has 114 valence electrons. The lowest BCUT2D eigenvalue weighted by Crippen LogP contribution is -2.24. The van der Waals surface area contributed by atoms with Crippen molar-refractivity contribution in [2.75, 3.05) is 6.61 Å². The summed E-state index contributed by atoms with van der Waals surface area (Å²) >= 11 is 0. The van der Waals surface area contributed by atoms with E-state index in [0.717, 1.165) is 30.9 Å². The summed E-state index contributed by atoms with van der Waals surface area (Å²) in [6, 6.07) is 6.73. The summed E-state index contributed by atoms with van der Waals surface area (Å²) in [4.78, 5) is 0. The van der Waals surface area contributed by atoms with Gasteiger partial charge in [0.25, 0.3) is 0 Å². The maximum Gasteiger partial charge on any atom is 0.161 e. The second-order valence-electron chi connectivity index (χ2n) is 5.24. The molecule has 20 heavy (non-hydrogen) atoms. The standard InChI is InChI=1S/C17H29NO2/c1-6-13(4)18-12-15-9-10-16(20-14(5)7-2)17(11-15)19-8-3/h9-11,13-14,18H,6-8,12H2,1-5H3/t13-,14-/m0/s1. The number of rotatable bonds is 9. The summed E-state index contributed by atoms with van der Waals surface area (Å²) < 4.78 is 11.6. The number of hydrogen-bond acceptors (Lipinski definition) is 3. The minimum atomic E-state index is 0.207. The fourth-order valence-corrected chi connectivity index (χ4v) is 1.76. The summed E-state index contributed by atoms with van der Waals surface area (Å²) in [7, 11) is 0. The van der Waals surface area contributed by atoms with Crippen LogP contribution in [0.2, 0.25) is 0 Å². The monoisotopic (exact) mass is 279 g/mol. The average molecular weight is 279 g/mol. The van der Waals surface area contributed by atoms with Crippen molar-refractivity contribution in [2.45, 2.75) is 66.2 Å².